The van der Waals surface area contributed by atoms with Gasteiger partial charge in [0.25, 0.3) is 0 Å². The summed E-state index contributed by atoms with van der Waals surface area (Å²) < 4.78 is 28.7. The van der Waals surface area contributed by atoms with E-state index < -0.39 is 0 Å². The number of nitrogens with zero attached hydrogens (tertiary/aromatic N) is 2. The number of rotatable bonds is 10. The Hall–Kier alpha value is -10.8. The molecule has 0 saturated carbocycles. The quantitative estimate of drug-likeness (QED) is 0.136. The largest absolute Gasteiger partial charge is 0.455 e. The Balaban J connectivity index is 0.871. The summed E-state index contributed by atoms with van der Waals surface area (Å²) in [7, 11) is 0. The van der Waals surface area contributed by atoms with Gasteiger partial charge in [-0.15, -0.1) is 0 Å². The van der Waals surface area contributed by atoms with Crippen molar-refractivity contribution in [2.45, 2.75) is 39.5 Å². The summed E-state index contributed by atoms with van der Waals surface area (Å²) in [4.78, 5) is 4.63. The van der Waals surface area contributed by atoms with Gasteiger partial charge >= 0.3 is 0 Å². The molecule has 410 valence electrons. The van der Waals surface area contributed by atoms with E-state index in [1.165, 1.54) is 11.1 Å². The van der Waals surface area contributed by atoms with Gasteiger partial charge in [0.15, 0.2) is 11.2 Å². The summed E-state index contributed by atoms with van der Waals surface area (Å²) >= 11 is 0. The highest BCUT2D eigenvalue weighted by molar-refractivity contribution is 6.31. The second-order valence-electron chi connectivity index (χ2n) is 23.5. The van der Waals surface area contributed by atoms with E-state index in [2.05, 4.69) is 292 Å². The molecular weight excluding hydrogens is 1050 g/mol. The van der Waals surface area contributed by atoms with Gasteiger partial charge in [0, 0.05) is 77.0 Å². The van der Waals surface area contributed by atoms with Crippen LogP contribution in [0.25, 0.3) is 132 Å². The van der Waals surface area contributed by atoms with Gasteiger partial charge in [0.05, 0.1) is 11.4 Å². The van der Waals surface area contributed by atoms with E-state index in [1.807, 2.05) is 0 Å². The first kappa shape index (κ1) is 49.8. The van der Waals surface area contributed by atoms with Crippen molar-refractivity contribution in [3.05, 3.63) is 266 Å². The zero-order valence-corrected chi connectivity index (χ0v) is 47.9. The second-order valence-corrected chi connectivity index (χ2v) is 23.5. The van der Waals surface area contributed by atoms with Gasteiger partial charge in [0.2, 0.25) is 0 Å². The van der Waals surface area contributed by atoms with E-state index >= 15 is 0 Å². The van der Waals surface area contributed by atoms with Crippen molar-refractivity contribution in [2.75, 3.05) is 9.80 Å². The van der Waals surface area contributed by atoms with E-state index in [9.17, 15) is 0 Å². The van der Waals surface area contributed by atoms with Gasteiger partial charge in [-0.05, 0) is 141 Å². The highest BCUT2D eigenvalue weighted by Gasteiger charge is 2.29. The Labute approximate surface area is 495 Å². The lowest BCUT2D eigenvalue weighted by Crippen LogP contribution is -2.10. The molecule has 0 unspecified atom stereocenters. The lowest BCUT2D eigenvalue weighted by Gasteiger charge is -2.25. The summed E-state index contributed by atoms with van der Waals surface area (Å²) in [5, 5.41) is 12.8. The molecule has 0 aliphatic heterocycles. The van der Waals surface area contributed by atoms with Crippen LogP contribution < -0.4 is 9.80 Å². The van der Waals surface area contributed by atoms with Gasteiger partial charge in [-0.25, -0.2) is 0 Å². The number of para-hydroxylation sites is 6. The number of benzene rings is 13. The fraction of sp³-hybridized carbons (Fsp3) is 0.0750. The molecular formula is C80H56N2O4. The van der Waals surface area contributed by atoms with Crippen molar-refractivity contribution < 1.29 is 17.7 Å². The minimum Gasteiger partial charge on any atom is -0.455 e. The smallest absolute Gasteiger partial charge is 0.159 e. The Morgan fingerprint density at radius 2 is 0.640 bits per heavy atom. The fourth-order valence-corrected chi connectivity index (χ4v) is 13.7. The normalized spacial score (nSPS) is 12.2. The molecule has 0 aliphatic carbocycles. The lowest BCUT2D eigenvalue weighted by atomic mass is 9.90. The fourth-order valence-electron chi connectivity index (χ4n) is 13.7. The predicted molar refractivity (Wildman–Crippen MR) is 359 cm³/mol. The Kier molecular flexibility index (Phi) is 11.2. The van der Waals surface area contributed by atoms with Crippen LogP contribution in [0.2, 0.25) is 0 Å². The molecule has 86 heavy (non-hydrogen) atoms. The second kappa shape index (κ2) is 19.4. The molecule has 0 aliphatic rings. The molecule has 6 heteroatoms. The van der Waals surface area contributed by atoms with Gasteiger partial charge in [-0.1, -0.05) is 198 Å². The van der Waals surface area contributed by atoms with Crippen LogP contribution in [-0.2, 0) is 0 Å². The number of furan rings is 4. The predicted octanol–water partition coefficient (Wildman–Crippen LogP) is 24.1. The van der Waals surface area contributed by atoms with Gasteiger partial charge < -0.3 is 27.5 Å². The molecule has 0 fully saturated rings. The molecule has 0 amide bonds. The topological polar surface area (TPSA) is 59.0 Å². The van der Waals surface area contributed by atoms with Crippen LogP contribution >= 0.6 is 0 Å². The summed E-state index contributed by atoms with van der Waals surface area (Å²) in [5.41, 5.74) is 19.3. The van der Waals surface area contributed by atoms with Crippen LogP contribution in [0.1, 0.15) is 50.7 Å². The number of fused-ring (bicyclic) bond motifs is 14. The third-order valence-electron chi connectivity index (χ3n) is 17.7. The van der Waals surface area contributed by atoms with Gasteiger partial charge in [-0.3, -0.25) is 0 Å². The first-order valence-corrected chi connectivity index (χ1v) is 29.8. The molecule has 0 spiro atoms. The Bertz CT molecular complexity index is 5190. The molecule has 0 bridgehead atoms. The SMILES string of the molecule is CC(C)c1cccc2c1oc1c(N(c3ccccc3)c3ccc4cc5c(cc4c3)oc3c(-c4ccccc4)c4c(oc6cc7cc(N(c8ccccc8)c8cccc9c8oc8c(C(C)C)cccc89)ccc7cc64)c(-c4ccccc4)c35)cccc12. The molecule has 0 saturated heterocycles. The molecule has 6 nitrogen and oxygen atoms in total. The zero-order chi connectivity index (χ0) is 57.3. The molecule has 13 aromatic carbocycles. The maximum atomic E-state index is 7.42. The third kappa shape index (κ3) is 7.65. The van der Waals surface area contributed by atoms with Crippen LogP contribution in [0.15, 0.2) is 272 Å². The van der Waals surface area contributed by atoms with Crippen molar-refractivity contribution in [1.82, 2.24) is 0 Å². The van der Waals surface area contributed by atoms with Crippen molar-refractivity contribution >= 4 is 143 Å². The molecule has 0 N–H and O–H groups in total. The number of hydrogen-bond donors (Lipinski definition) is 0. The van der Waals surface area contributed by atoms with Crippen molar-refractivity contribution in [3.63, 3.8) is 0 Å². The lowest BCUT2D eigenvalue weighted by molar-refractivity contribution is 0.657. The number of anilines is 6. The van der Waals surface area contributed by atoms with Crippen molar-refractivity contribution in [2.24, 2.45) is 0 Å². The zero-order valence-electron chi connectivity index (χ0n) is 47.9. The summed E-state index contributed by atoms with van der Waals surface area (Å²) in [6, 6.07) is 91.0. The summed E-state index contributed by atoms with van der Waals surface area (Å²) in [6.07, 6.45) is 0. The average Bonchev–Trinajstić information content (AvgIpc) is 2.27. The van der Waals surface area contributed by atoms with E-state index in [-0.39, 0.29) is 0 Å². The Morgan fingerprint density at radius 3 is 1.03 bits per heavy atom. The van der Waals surface area contributed by atoms with Crippen LogP contribution in [-0.4, -0.2) is 0 Å². The molecule has 17 aromatic rings. The molecule has 17 rings (SSSR count). The van der Waals surface area contributed by atoms with Crippen LogP contribution in [0.3, 0.4) is 0 Å². The highest BCUT2D eigenvalue weighted by Crippen LogP contribution is 2.53. The van der Waals surface area contributed by atoms with Crippen molar-refractivity contribution in [1.29, 1.82) is 0 Å². The van der Waals surface area contributed by atoms with E-state index in [4.69, 9.17) is 17.7 Å². The van der Waals surface area contributed by atoms with Crippen LogP contribution in [0.5, 0.6) is 0 Å². The van der Waals surface area contributed by atoms with E-state index in [1.54, 1.807) is 0 Å². The standard InChI is InChI=1S/C80H56N2O4/c1-47(2)59-29-17-31-61-63-33-19-35-67(77(63)85-75(59)61)81(55-25-13-7-14-26-55)57-39-37-51-43-65-69(45-53(51)41-57)83-79-72(50-23-11-6-12-24-50)74-66-44-52-38-40-58(42-54(52)46-70(66)84-80(74)71(73(65)79)49-21-9-5-10-22-49)82(56-27-15-8-16-28-56)68-36-20-34-64-62-32-18-30-60(48(3)4)76(62)86-78(64)68/h5-48H,1-4H3. The third-order valence-corrected chi connectivity index (χ3v) is 17.7. The molecule has 4 aromatic heterocycles. The maximum Gasteiger partial charge on any atom is 0.159 e. The molecule has 4 heterocycles. The van der Waals surface area contributed by atoms with Gasteiger partial charge in [0.1, 0.15) is 33.5 Å². The maximum absolute atomic E-state index is 7.42. The van der Waals surface area contributed by atoms with Gasteiger partial charge in [-0.2, -0.15) is 0 Å². The molecule has 0 radical (unpaired) electrons. The number of hydrogen-bond acceptors (Lipinski definition) is 6. The first-order chi connectivity index (χ1) is 42.3. The summed E-state index contributed by atoms with van der Waals surface area (Å²) in [6.45, 7) is 8.90. The first-order valence-electron chi connectivity index (χ1n) is 29.8. The van der Waals surface area contributed by atoms with Crippen molar-refractivity contribution in [3.8, 4) is 22.3 Å². The minimum absolute atomic E-state index is 0.310. The Morgan fingerprint density at radius 1 is 0.267 bits per heavy atom. The average molecular weight is 1110 g/mol. The van der Waals surface area contributed by atoms with Crippen LogP contribution in [0, 0.1) is 0 Å². The minimum atomic E-state index is 0.310. The highest BCUT2D eigenvalue weighted by atomic mass is 16.3. The summed E-state index contributed by atoms with van der Waals surface area (Å²) in [5.74, 6) is 0.620. The molecule has 0 atom stereocenters. The van der Waals surface area contributed by atoms with Crippen LogP contribution in [0.4, 0.5) is 34.1 Å². The van der Waals surface area contributed by atoms with E-state index in [0.717, 1.165) is 166 Å². The van der Waals surface area contributed by atoms with E-state index in [0.29, 0.717) is 11.8 Å². The monoisotopic (exact) mass is 1110 g/mol.